The van der Waals surface area contributed by atoms with E-state index in [1.165, 1.54) is 25.9 Å². The smallest absolute Gasteiger partial charge is 0.0311 e. The highest BCUT2D eigenvalue weighted by molar-refractivity contribution is 5.12. The lowest BCUT2D eigenvalue weighted by atomic mass is 9.81. The molecule has 1 rings (SSSR count). The average Bonchev–Trinajstić information content (AvgIpc) is 2.08. The fraction of sp³-hybridized carbons (Fsp3) is 0.833. The molecule has 0 saturated carbocycles. The van der Waals surface area contributed by atoms with Crippen LogP contribution in [0.3, 0.4) is 0 Å². The maximum absolute atomic E-state index is 3.44. The highest BCUT2D eigenvalue weighted by Gasteiger charge is 2.26. The lowest BCUT2D eigenvalue weighted by Gasteiger charge is -2.34. The Hall–Kier alpha value is -0.480. The van der Waals surface area contributed by atoms with Crippen LogP contribution in [0, 0.1) is 23.2 Å². The molecule has 1 saturated heterocycles. The molecule has 0 spiro atoms. The van der Waals surface area contributed by atoms with E-state index in [2.05, 4.69) is 44.6 Å². The summed E-state index contributed by atoms with van der Waals surface area (Å²) in [7, 11) is 2.19. The fourth-order valence-corrected chi connectivity index (χ4v) is 1.56. The molecule has 1 aliphatic heterocycles. The van der Waals surface area contributed by atoms with Crippen molar-refractivity contribution in [2.24, 2.45) is 11.3 Å². The summed E-state index contributed by atoms with van der Waals surface area (Å²) in [6.45, 7) is 9.01. The molecule has 1 heteroatoms. The van der Waals surface area contributed by atoms with Gasteiger partial charge in [0.25, 0.3) is 0 Å². The minimum atomic E-state index is 0.288. The number of hydrogen-bond acceptors (Lipinski definition) is 1. The zero-order valence-electron chi connectivity index (χ0n) is 9.35. The first-order valence-electron chi connectivity index (χ1n) is 5.23. The van der Waals surface area contributed by atoms with E-state index in [1.54, 1.807) is 0 Å². The molecule has 0 aliphatic carbocycles. The maximum Gasteiger partial charge on any atom is 0.0311 e. The van der Waals surface area contributed by atoms with E-state index in [9.17, 15) is 0 Å². The summed E-state index contributed by atoms with van der Waals surface area (Å²) in [5.41, 5.74) is 0.288. The van der Waals surface area contributed by atoms with Gasteiger partial charge < -0.3 is 4.90 Å². The van der Waals surface area contributed by atoms with Gasteiger partial charge in [-0.05, 0) is 39.9 Å². The molecule has 0 radical (unpaired) electrons. The summed E-state index contributed by atoms with van der Waals surface area (Å²) >= 11 is 0. The van der Waals surface area contributed by atoms with Crippen molar-refractivity contribution in [2.45, 2.75) is 33.6 Å². The van der Waals surface area contributed by atoms with E-state index >= 15 is 0 Å². The SMILES string of the molecule is CC(C)C#CC1(C)CCN(C)CC1. The quantitative estimate of drug-likeness (QED) is 0.516. The van der Waals surface area contributed by atoms with Crippen LogP contribution in [0.4, 0.5) is 0 Å². The van der Waals surface area contributed by atoms with Crippen LogP contribution in [0.25, 0.3) is 0 Å². The number of likely N-dealkylation sites (tertiary alicyclic amines) is 1. The monoisotopic (exact) mass is 179 g/mol. The van der Waals surface area contributed by atoms with Gasteiger partial charge in [-0.15, -0.1) is 0 Å². The summed E-state index contributed by atoms with van der Waals surface area (Å²) in [5.74, 6) is 7.25. The van der Waals surface area contributed by atoms with E-state index < -0.39 is 0 Å². The van der Waals surface area contributed by atoms with Crippen molar-refractivity contribution in [2.75, 3.05) is 20.1 Å². The Bertz CT molecular complexity index is 211. The van der Waals surface area contributed by atoms with Crippen molar-refractivity contribution in [3.63, 3.8) is 0 Å². The fourth-order valence-electron chi connectivity index (χ4n) is 1.56. The van der Waals surface area contributed by atoms with Crippen molar-refractivity contribution < 1.29 is 0 Å². The molecule has 74 valence electrons. The van der Waals surface area contributed by atoms with E-state index in [0.717, 1.165) is 0 Å². The predicted octanol–water partition coefficient (Wildman–Crippen LogP) is 2.38. The Kier molecular flexibility index (Phi) is 3.39. The van der Waals surface area contributed by atoms with Gasteiger partial charge in [0.05, 0.1) is 0 Å². The Morgan fingerprint density at radius 3 is 2.23 bits per heavy atom. The van der Waals surface area contributed by atoms with Crippen molar-refractivity contribution in [3.8, 4) is 11.8 Å². The highest BCUT2D eigenvalue weighted by atomic mass is 15.1. The predicted molar refractivity (Wildman–Crippen MR) is 57.5 cm³/mol. The molecule has 0 aromatic carbocycles. The van der Waals surface area contributed by atoms with Crippen LogP contribution in [-0.4, -0.2) is 25.0 Å². The third-order valence-corrected chi connectivity index (χ3v) is 2.75. The molecule has 0 atom stereocenters. The van der Waals surface area contributed by atoms with Crippen LogP contribution in [0.1, 0.15) is 33.6 Å². The number of rotatable bonds is 0. The first kappa shape index (κ1) is 10.6. The van der Waals surface area contributed by atoms with Gasteiger partial charge in [-0.25, -0.2) is 0 Å². The normalized spacial score (nSPS) is 22.5. The molecule has 1 aliphatic rings. The van der Waals surface area contributed by atoms with Gasteiger partial charge in [-0.3, -0.25) is 0 Å². The van der Waals surface area contributed by atoms with E-state index in [1.807, 2.05) is 0 Å². The molecular weight excluding hydrogens is 158 g/mol. The summed E-state index contributed by atoms with van der Waals surface area (Å²) in [6.07, 6.45) is 2.45. The summed E-state index contributed by atoms with van der Waals surface area (Å²) in [5, 5.41) is 0. The van der Waals surface area contributed by atoms with Gasteiger partial charge in [0.1, 0.15) is 0 Å². The summed E-state index contributed by atoms with van der Waals surface area (Å²) < 4.78 is 0. The molecule has 13 heavy (non-hydrogen) atoms. The molecule has 0 unspecified atom stereocenters. The van der Waals surface area contributed by atoms with E-state index in [4.69, 9.17) is 0 Å². The minimum Gasteiger partial charge on any atom is -0.306 e. The minimum absolute atomic E-state index is 0.288. The molecule has 0 N–H and O–H groups in total. The van der Waals surface area contributed by atoms with Crippen molar-refractivity contribution in [1.29, 1.82) is 0 Å². The Balaban J connectivity index is 2.54. The maximum atomic E-state index is 3.44. The zero-order chi connectivity index (χ0) is 9.90. The van der Waals surface area contributed by atoms with Crippen LogP contribution < -0.4 is 0 Å². The number of piperidine rings is 1. The lowest BCUT2D eigenvalue weighted by molar-refractivity contribution is 0.187. The molecule has 1 nitrogen and oxygen atoms in total. The van der Waals surface area contributed by atoms with Gasteiger partial charge in [0.15, 0.2) is 0 Å². The van der Waals surface area contributed by atoms with Crippen molar-refractivity contribution in [1.82, 2.24) is 4.90 Å². The largest absolute Gasteiger partial charge is 0.306 e. The van der Waals surface area contributed by atoms with Gasteiger partial charge in [-0.1, -0.05) is 25.7 Å². The molecule has 0 bridgehead atoms. The number of hydrogen-bond donors (Lipinski definition) is 0. The highest BCUT2D eigenvalue weighted by Crippen LogP contribution is 2.29. The molecule has 0 aromatic heterocycles. The first-order valence-corrected chi connectivity index (χ1v) is 5.23. The van der Waals surface area contributed by atoms with E-state index in [-0.39, 0.29) is 5.41 Å². The third kappa shape index (κ3) is 3.40. The molecule has 0 aromatic rings. The summed E-state index contributed by atoms with van der Waals surface area (Å²) in [6, 6.07) is 0. The second kappa shape index (κ2) is 4.15. The molecule has 1 fully saturated rings. The lowest BCUT2D eigenvalue weighted by Crippen LogP contribution is -2.35. The van der Waals surface area contributed by atoms with Gasteiger partial charge in [0.2, 0.25) is 0 Å². The first-order chi connectivity index (χ1) is 6.02. The second-order valence-corrected chi connectivity index (χ2v) is 4.79. The second-order valence-electron chi connectivity index (χ2n) is 4.79. The standard InChI is InChI=1S/C12H21N/c1-11(2)5-6-12(3)7-9-13(4)10-8-12/h11H,7-10H2,1-4H3. The third-order valence-electron chi connectivity index (χ3n) is 2.75. The topological polar surface area (TPSA) is 3.24 Å². The van der Waals surface area contributed by atoms with Gasteiger partial charge >= 0.3 is 0 Å². The van der Waals surface area contributed by atoms with Crippen LogP contribution in [0.2, 0.25) is 0 Å². The van der Waals surface area contributed by atoms with Crippen LogP contribution in [-0.2, 0) is 0 Å². The van der Waals surface area contributed by atoms with E-state index in [0.29, 0.717) is 5.92 Å². The Labute approximate surface area is 82.5 Å². The molecule has 0 amide bonds. The zero-order valence-corrected chi connectivity index (χ0v) is 9.35. The van der Waals surface area contributed by atoms with Gasteiger partial charge in [0, 0.05) is 11.3 Å². The van der Waals surface area contributed by atoms with Crippen LogP contribution >= 0.6 is 0 Å². The Morgan fingerprint density at radius 1 is 1.23 bits per heavy atom. The molecule has 1 heterocycles. The number of nitrogens with zero attached hydrogens (tertiary/aromatic N) is 1. The van der Waals surface area contributed by atoms with Crippen molar-refractivity contribution in [3.05, 3.63) is 0 Å². The average molecular weight is 179 g/mol. The van der Waals surface area contributed by atoms with Gasteiger partial charge in [-0.2, -0.15) is 0 Å². The van der Waals surface area contributed by atoms with Crippen LogP contribution in [0.5, 0.6) is 0 Å². The summed E-state index contributed by atoms with van der Waals surface area (Å²) in [4.78, 5) is 2.39. The molecular formula is C12H21N. The van der Waals surface area contributed by atoms with Crippen LogP contribution in [0.15, 0.2) is 0 Å². The van der Waals surface area contributed by atoms with Crippen molar-refractivity contribution >= 4 is 0 Å². The Morgan fingerprint density at radius 2 is 1.77 bits per heavy atom.